The average molecular weight is 208 g/mol. The maximum atomic E-state index is 5.45. The SMILES string of the molecule is CCCO[Si](OC)(OC)OCCC. The van der Waals surface area contributed by atoms with E-state index in [0.29, 0.717) is 13.2 Å². The molecule has 0 aromatic rings. The van der Waals surface area contributed by atoms with Crippen LogP contribution in [-0.4, -0.2) is 36.5 Å². The molecule has 13 heavy (non-hydrogen) atoms. The molecule has 0 saturated heterocycles. The van der Waals surface area contributed by atoms with E-state index in [9.17, 15) is 0 Å². The van der Waals surface area contributed by atoms with Gasteiger partial charge in [0.05, 0.1) is 0 Å². The van der Waals surface area contributed by atoms with Gasteiger partial charge in [0.15, 0.2) is 0 Å². The third-order valence-corrected chi connectivity index (χ3v) is 3.58. The molecular formula is C8H20O4Si. The van der Waals surface area contributed by atoms with Crippen molar-refractivity contribution in [2.75, 3.05) is 27.4 Å². The highest BCUT2D eigenvalue weighted by atomic mass is 28.4. The Morgan fingerprint density at radius 2 is 1.23 bits per heavy atom. The van der Waals surface area contributed by atoms with Crippen molar-refractivity contribution in [2.45, 2.75) is 26.7 Å². The fourth-order valence-electron chi connectivity index (χ4n) is 0.815. The van der Waals surface area contributed by atoms with Crippen molar-refractivity contribution in [1.82, 2.24) is 0 Å². The highest BCUT2D eigenvalue weighted by Crippen LogP contribution is 2.10. The fourth-order valence-corrected chi connectivity index (χ4v) is 2.44. The minimum Gasteiger partial charge on any atom is -0.355 e. The maximum Gasteiger partial charge on any atom is 0.679 e. The Morgan fingerprint density at radius 3 is 1.46 bits per heavy atom. The maximum absolute atomic E-state index is 5.45. The highest BCUT2D eigenvalue weighted by Gasteiger charge is 2.42. The van der Waals surface area contributed by atoms with Crippen LogP contribution >= 0.6 is 0 Å². The average Bonchev–Trinajstić information content (AvgIpc) is 2.20. The van der Waals surface area contributed by atoms with Crippen molar-refractivity contribution in [3.05, 3.63) is 0 Å². The van der Waals surface area contributed by atoms with Gasteiger partial charge < -0.3 is 17.7 Å². The molecule has 0 spiro atoms. The van der Waals surface area contributed by atoms with Crippen molar-refractivity contribution in [2.24, 2.45) is 0 Å². The van der Waals surface area contributed by atoms with E-state index in [0.717, 1.165) is 12.8 Å². The Bertz CT molecular complexity index is 107. The van der Waals surface area contributed by atoms with E-state index in [1.165, 1.54) is 0 Å². The first-order valence-electron chi connectivity index (χ1n) is 4.62. The van der Waals surface area contributed by atoms with Crippen molar-refractivity contribution >= 4 is 9.05 Å². The first kappa shape index (κ1) is 13.1. The number of hydrogen-bond acceptors (Lipinski definition) is 4. The van der Waals surface area contributed by atoms with Crippen molar-refractivity contribution < 1.29 is 17.7 Å². The van der Waals surface area contributed by atoms with Crippen LogP contribution in [0, 0.1) is 0 Å². The van der Waals surface area contributed by atoms with E-state index in [2.05, 4.69) is 0 Å². The summed E-state index contributed by atoms with van der Waals surface area (Å²) in [4.78, 5) is 0. The summed E-state index contributed by atoms with van der Waals surface area (Å²) in [6, 6.07) is 0. The molecule has 5 heteroatoms. The summed E-state index contributed by atoms with van der Waals surface area (Å²) in [5.41, 5.74) is 0. The molecule has 4 nitrogen and oxygen atoms in total. The van der Waals surface area contributed by atoms with E-state index in [1.54, 1.807) is 14.2 Å². The third kappa shape index (κ3) is 4.73. The lowest BCUT2D eigenvalue weighted by atomic mass is 10.5. The first-order chi connectivity index (χ1) is 6.24. The Morgan fingerprint density at radius 1 is 0.846 bits per heavy atom. The molecule has 0 unspecified atom stereocenters. The molecule has 0 rings (SSSR count). The molecule has 0 aromatic carbocycles. The monoisotopic (exact) mass is 208 g/mol. The van der Waals surface area contributed by atoms with Crippen LogP contribution in [0.2, 0.25) is 0 Å². The molecular weight excluding hydrogens is 188 g/mol. The summed E-state index contributed by atoms with van der Waals surface area (Å²) in [6.45, 7) is 5.28. The molecule has 0 aliphatic carbocycles. The smallest absolute Gasteiger partial charge is 0.355 e. The second-order valence-corrected chi connectivity index (χ2v) is 5.00. The van der Waals surface area contributed by atoms with Gasteiger partial charge in [0.2, 0.25) is 0 Å². The Labute approximate surface area is 81.6 Å². The molecule has 0 fully saturated rings. The van der Waals surface area contributed by atoms with E-state index >= 15 is 0 Å². The Hall–Kier alpha value is 0.0569. The lowest BCUT2D eigenvalue weighted by Crippen LogP contribution is -2.47. The molecule has 80 valence electrons. The fraction of sp³-hybridized carbons (Fsp3) is 1.00. The van der Waals surface area contributed by atoms with E-state index < -0.39 is 9.05 Å². The largest absolute Gasteiger partial charge is 0.679 e. The standard InChI is InChI=1S/C8H20O4Si/c1-5-7-11-13(9-3,10-4)12-8-6-2/h5-8H2,1-4H3. The van der Waals surface area contributed by atoms with Gasteiger partial charge in [-0.25, -0.2) is 0 Å². The molecule has 0 heterocycles. The van der Waals surface area contributed by atoms with Gasteiger partial charge in [-0.05, 0) is 12.8 Å². The zero-order valence-electron chi connectivity index (χ0n) is 8.96. The molecule has 0 bridgehead atoms. The summed E-state index contributed by atoms with van der Waals surface area (Å²) in [7, 11) is 0.328. The predicted molar refractivity (Wildman–Crippen MR) is 52.3 cm³/mol. The van der Waals surface area contributed by atoms with Gasteiger partial charge in [0, 0.05) is 27.4 Å². The minimum absolute atomic E-state index is 0.609. The summed E-state index contributed by atoms with van der Waals surface area (Å²) < 4.78 is 21.2. The molecule has 0 atom stereocenters. The topological polar surface area (TPSA) is 36.9 Å². The molecule has 0 amide bonds. The first-order valence-corrected chi connectivity index (χ1v) is 6.26. The van der Waals surface area contributed by atoms with Crippen LogP contribution in [0.4, 0.5) is 0 Å². The molecule has 0 aliphatic heterocycles. The summed E-state index contributed by atoms with van der Waals surface area (Å²) in [5, 5.41) is 0. The molecule has 0 N–H and O–H groups in total. The molecule has 0 aliphatic rings. The molecule has 0 radical (unpaired) electrons. The van der Waals surface area contributed by atoms with Gasteiger partial charge in [-0.2, -0.15) is 0 Å². The van der Waals surface area contributed by atoms with Crippen LogP contribution < -0.4 is 0 Å². The quantitative estimate of drug-likeness (QED) is 0.567. The van der Waals surface area contributed by atoms with E-state index in [1.807, 2.05) is 13.8 Å². The second-order valence-electron chi connectivity index (χ2n) is 2.61. The molecule has 0 saturated carbocycles. The summed E-state index contributed by atoms with van der Waals surface area (Å²) in [6.07, 6.45) is 1.86. The Kier molecular flexibility index (Phi) is 7.49. The normalized spacial score (nSPS) is 12.0. The van der Waals surface area contributed by atoms with Gasteiger partial charge >= 0.3 is 9.05 Å². The van der Waals surface area contributed by atoms with Gasteiger partial charge in [-0.15, -0.1) is 0 Å². The van der Waals surface area contributed by atoms with Crippen LogP contribution in [0.15, 0.2) is 0 Å². The minimum atomic E-state index is -2.79. The third-order valence-electron chi connectivity index (χ3n) is 1.47. The van der Waals surface area contributed by atoms with Crippen molar-refractivity contribution in [1.29, 1.82) is 0 Å². The molecule has 0 aromatic heterocycles. The van der Waals surface area contributed by atoms with Crippen LogP contribution in [0.1, 0.15) is 26.7 Å². The zero-order chi connectivity index (χ0) is 10.2. The van der Waals surface area contributed by atoms with Crippen LogP contribution in [0.3, 0.4) is 0 Å². The van der Waals surface area contributed by atoms with Crippen molar-refractivity contribution in [3.8, 4) is 0 Å². The van der Waals surface area contributed by atoms with Gasteiger partial charge in [0.25, 0.3) is 0 Å². The lowest BCUT2D eigenvalue weighted by molar-refractivity contribution is -0.00870. The van der Waals surface area contributed by atoms with Crippen LogP contribution in [0.25, 0.3) is 0 Å². The van der Waals surface area contributed by atoms with Crippen LogP contribution in [-0.2, 0) is 17.7 Å². The van der Waals surface area contributed by atoms with Crippen molar-refractivity contribution in [3.63, 3.8) is 0 Å². The second kappa shape index (κ2) is 7.46. The summed E-state index contributed by atoms with van der Waals surface area (Å²) >= 11 is 0. The van der Waals surface area contributed by atoms with Gasteiger partial charge in [-0.3, -0.25) is 0 Å². The number of rotatable bonds is 8. The van der Waals surface area contributed by atoms with E-state index in [4.69, 9.17) is 17.7 Å². The van der Waals surface area contributed by atoms with Gasteiger partial charge in [-0.1, -0.05) is 13.8 Å². The van der Waals surface area contributed by atoms with Gasteiger partial charge in [0.1, 0.15) is 0 Å². The van der Waals surface area contributed by atoms with Crippen LogP contribution in [0.5, 0.6) is 0 Å². The highest BCUT2D eigenvalue weighted by molar-refractivity contribution is 6.53. The number of hydrogen-bond donors (Lipinski definition) is 0. The zero-order valence-corrected chi connectivity index (χ0v) is 9.96. The Balaban J connectivity index is 3.97. The van der Waals surface area contributed by atoms with E-state index in [-0.39, 0.29) is 0 Å². The summed E-state index contributed by atoms with van der Waals surface area (Å²) in [5.74, 6) is 0. The lowest BCUT2D eigenvalue weighted by Gasteiger charge is -2.24. The predicted octanol–water partition coefficient (Wildman–Crippen LogP) is 1.57.